The molecule has 0 N–H and O–H groups in total. The van der Waals surface area contributed by atoms with Gasteiger partial charge < -0.3 is 17.7 Å². The molecule has 1 atom stereocenters. The van der Waals surface area contributed by atoms with Gasteiger partial charge in [0, 0.05) is 19.8 Å². The lowest BCUT2D eigenvalue weighted by Crippen LogP contribution is -2.50. The molecule has 1 aromatic rings. The van der Waals surface area contributed by atoms with Crippen molar-refractivity contribution in [2.75, 3.05) is 19.8 Å². The van der Waals surface area contributed by atoms with E-state index in [9.17, 15) is 0 Å². The first-order valence-corrected chi connectivity index (χ1v) is 9.59. The van der Waals surface area contributed by atoms with E-state index in [-0.39, 0.29) is 6.10 Å². The van der Waals surface area contributed by atoms with Crippen molar-refractivity contribution in [3.63, 3.8) is 0 Å². The fourth-order valence-electron chi connectivity index (χ4n) is 2.17. The minimum atomic E-state index is -3.10. The molecule has 1 unspecified atom stereocenters. The first kappa shape index (κ1) is 19.1. The van der Waals surface area contributed by atoms with Crippen molar-refractivity contribution in [3.8, 4) is 0 Å². The third-order valence-corrected chi connectivity index (χ3v) is 5.66. The number of rotatable bonds is 11. The van der Waals surface area contributed by atoms with Gasteiger partial charge in [-0.1, -0.05) is 43.8 Å². The zero-order valence-corrected chi connectivity index (χ0v) is 15.1. The maximum absolute atomic E-state index is 6.21. The highest BCUT2D eigenvalue weighted by molar-refractivity contribution is 6.53. The van der Waals surface area contributed by atoms with Crippen molar-refractivity contribution in [2.45, 2.75) is 40.2 Å². The molecule has 0 radical (unpaired) electrons. The average molecular weight is 324 g/mol. The molecule has 0 bridgehead atoms. The summed E-state index contributed by atoms with van der Waals surface area (Å²) in [7, 11) is -3.10. The highest BCUT2D eigenvalue weighted by Gasteiger charge is 2.47. The van der Waals surface area contributed by atoms with Crippen LogP contribution in [0, 0.1) is 0 Å². The molecule has 0 saturated heterocycles. The van der Waals surface area contributed by atoms with Crippen LogP contribution in [0.5, 0.6) is 0 Å². The van der Waals surface area contributed by atoms with Crippen LogP contribution in [0.15, 0.2) is 30.8 Å². The number of benzene rings is 1. The maximum Gasteiger partial charge on any atom is 0.680 e. The second kappa shape index (κ2) is 9.92. The molecule has 22 heavy (non-hydrogen) atoms. The minimum absolute atomic E-state index is 0.116. The number of hydrogen-bond donors (Lipinski definition) is 0. The largest absolute Gasteiger partial charge is 0.680 e. The highest BCUT2D eigenvalue weighted by Crippen LogP contribution is 2.27. The van der Waals surface area contributed by atoms with E-state index in [1.54, 1.807) is 0 Å². The van der Waals surface area contributed by atoms with E-state index in [1.165, 1.54) is 0 Å². The lowest BCUT2D eigenvalue weighted by molar-refractivity contribution is -0.0518. The predicted molar refractivity (Wildman–Crippen MR) is 91.3 cm³/mol. The Kier molecular flexibility index (Phi) is 8.59. The summed E-state index contributed by atoms with van der Waals surface area (Å²) in [6.45, 7) is 13.1. The Hall–Kier alpha value is -0.983. The van der Waals surface area contributed by atoms with Gasteiger partial charge in [-0.25, -0.2) is 0 Å². The normalized spacial score (nSPS) is 13.1. The Morgan fingerprint density at radius 3 is 1.82 bits per heavy atom. The Morgan fingerprint density at radius 1 is 0.955 bits per heavy atom. The molecule has 0 aromatic heterocycles. The average Bonchev–Trinajstić information content (AvgIpc) is 2.53. The van der Waals surface area contributed by atoms with Crippen molar-refractivity contribution in [1.82, 2.24) is 0 Å². The van der Waals surface area contributed by atoms with E-state index in [0.29, 0.717) is 19.8 Å². The summed E-state index contributed by atoms with van der Waals surface area (Å²) < 4.78 is 23.5. The van der Waals surface area contributed by atoms with Gasteiger partial charge in [-0.15, -0.1) is 0 Å². The first-order chi connectivity index (χ1) is 10.6. The van der Waals surface area contributed by atoms with Crippen molar-refractivity contribution in [3.05, 3.63) is 42.0 Å². The molecule has 0 spiro atoms. The molecule has 0 heterocycles. The lowest BCUT2D eigenvalue weighted by Gasteiger charge is -2.31. The summed E-state index contributed by atoms with van der Waals surface area (Å²) in [6.07, 6.45) is 2.52. The van der Waals surface area contributed by atoms with Crippen molar-refractivity contribution < 1.29 is 17.7 Å². The first-order valence-electron chi connectivity index (χ1n) is 7.96. The van der Waals surface area contributed by atoms with Crippen LogP contribution < -0.4 is 0 Å². The van der Waals surface area contributed by atoms with Crippen LogP contribution >= 0.6 is 0 Å². The van der Waals surface area contributed by atoms with E-state index in [1.807, 2.05) is 51.1 Å². The van der Waals surface area contributed by atoms with Crippen LogP contribution in [0.3, 0.4) is 0 Å². The van der Waals surface area contributed by atoms with Crippen LogP contribution in [-0.2, 0) is 17.7 Å². The van der Waals surface area contributed by atoms with Gasteiger partial charge in [0.1, 0.15) is 0 Å². The van der Waals surface area contributed by atoms with Gasteiger partial charge in [0.2, 0.25) is 0 Å². The fourth-order valence-corrected chi connectivity index (χ4v) is 4.33. The van der Waals surface area contributed by atoms with Crippen LogP contribution in [0.1, 0.15) is 51.3 Å². The van der Waals surface area contributed by atoms with Crippen LogP contribution in [-0.4, -0.2) is 28.9 Å². The van der Waals surface area contributed by atoms with Gasteiger partial charge in [-0.2, -0.15) is 0 Å². The zero-order valence-electron chi connectivity index (χ0n) is 14.1. The summed E-state index contributed by atoms with van der Waals surface area (Å²) >= 11 is 0. The smallest absolute Gasteiger partial charge is 0.351 e. The zero-order chi connectivity index (χ0) is 16.4. The molecule has 0 saturated carbocycles. The molecule has 5 heteroatoms. The molecule has 0 fully saturated rings. The Balaban J connectivity index is 2.96. The van der Waals surface area contributed by atoms with E-state index < -0.39 is 9.05 Å². The summed E-state index contributed by atoms with van der Waals surface area (Å²) in [5.41, 5.74) is 2.17. The van der Waals surface area contributed by atoms with Crippen molar-refractivity contribution in [2.24, 2.45) is 0 Å². The molecule has 124 valence electrons. The lowest BCUT2D eigenvalue weighted by atomic mass is 10.1. The van der Waals surface area contributed by atoms with Gasteiger partial charge in [0.25, 0.3) is 0 Å². The Morgan fingerprint density at radius 2 is 1.45 bits per heavy atom. The summed E-state index contributed by atoms with van der Waals surface area (Å²) in [5, 5.41) is 0. The fraction of sp³-hybridized carbons (Fsp3) is 0.529. The molecule has 1 rings (SSSR count). The molecule has 0 aliphatic heterocycles. The van der Waals surface area contributed by atoms with Gasteiger partial charge in [0.05, 0.1) is 6.10 Å². The quantitative estimate of drug-likeness (QED) is 0.567. The second-order valence-corrected chi connectivity index (χ2v) is 6.79. The second-order valence-electron chi connectivity index (χ2n) is 4.68. The summed E-state index contributed by atoms with van der Waals surface area (Å²) in [5.74, 6) is 0. The van der Waals surface area contributed by atoms with Gasteiger partial charge in [0.15, 0.2) is 0 Å². The van der Waals surface area contributed by atoms with Crippen molar-refractivity contribution >= 4 is 15.1 Å². The van der Waals surface area contributed by atoms with Gasteiger partial charge in [-0.3, -0.25) is 0 Å². The molecular formula is C17H28O4Si. The van der Waals surface area contributed by atoms with E-state index in [4.69, 9.17) is 17.7 Å². The SMILES string of the molecule is C=Cc1ccc(C(CC)O[Si](OCC)(OCC)OCC)cc1. The molecule has 0 aliphatic carbocycles. The molecule has 0 aliphatic rings. The maximum atomic E-state index is 6.21. The summed E-state index contributed by atoms with van der Waals surface area (Å²) in [4.78, 5) is 0. The molecular weight excluding hydrogens is 296 g/mol. The van der Waals surface area contributed by atoms with E-state index in [0.717, 1.165) is 17.5 Å². The van der Waals surface area contributed by atoms with E-state index in [2.05, 4.69) is 13.5 Å². The molecule has 4 nitrogen and oxygen atoms in total. The molecule has 1 aromatic carbocycles. The van der Waals surface area contributed by atoms with Crippen LogP contribution in [0.2, 0.25) is 0 Å². The highest BCUT2D eigenvalue weighted by atomic mass is 28.4. The van der Waals surface area contributed by atoms with Gasteiger partial charge >= 0.3 is 9.05 Å². The third kappa shape index (κ3) is 5.33. The summed E-state index contributed by atoms with van der Waals surface area (Å²) in [6, 6.07) is 8.15. The topological polar surface area (TPSA) is 36.9 Å². The predicted octanol–water partition coefficient (Wildman–Crippen LogP) is 4.34. The monoisotopic (exact) mass is 324 g/mol. The molecule has 0 amide bonds. The third-order valence-electron chi connectivity index (χ3n) is 3.16. The minimum Gasteiger partial charge on any atom is -0.351 e. The van der Waals surface area contributed by atoms with Crippen LogP contribution in [0.25, 0.3) is 6.08 Å². The number of hydrogen-bond acceptors (Lipinski definition) is 4. The van der Waals surface area contributed by atoms with E-state index >= 15 is 0 Å². The van der Waals surface area contributed by atoms with Gasteiger partial charge in [-0.05, 0) is 38.3 Å². The van der Waals surface area contributed by atoms with Crippen molar-refractivity contribution in [1.29, 1.82) is 0 Å². The Labute approximate surface area is 135 Å². The van der Waals surface area contributed by atoms with Crippen LogP contribution in [0.4, 0.5) is 0 Å². The Bertz CT molecular complexity index is 416. The standard InChI is InChI=1S/C17H28O4Si/c1-6-15-11-13-16(14-12-15)17(7-2)21-22(18-8-3,19-9-4)20-10-5/h6,11-14,17H,1,7-10H2,2-5H3.